The highest BCUT2D eigenvalue weighted by molar-refractivity contribution is 5.89. The second-order valence-electron chi connectivity index (χ2n) is 5.72. The summed E-state index contributed by atoms with van der Waals surface area (Å²) in [6.45, 7) is 8.02. The zero-order valence-corrected chi connectivity index (χ0v) is 12.7. The van der Waals surface area contributed by atoms with Crippen molar-refractivity contribution in [2.45, 2.75) is 45.6 Å². The number of amides is 2. The Morgan fingerprint density at radius 3 is 2.40 bits per heavy atom. The highest BCUT2D eigenvalue weighted by atomic mass is 16.2. The van der Waals surface area contributed by atoms with Crippen LogP contribution < -0.4 is 5.32 Å². The number of nitrogens with one attached hydrogen (secondary N) is 1. The summed E-state index contributed by atoms with van der Waals surface area (Å²) in [6, 6.07) is -0.211. The van der Waals surface area contributed by atoms with Gasteiger partial charge in [-0.05, 0) is 52.6 Å². The van der Waals surface area contributed by atoms with Gasteiger partial charge in [0.25, 0.3) is 0 Å². The Bertz CT molecular complexity index is 349. The van der Waals surface area contributed by atoms with E-state index in [2.05, 4.69) is 5.32 Å². The van der Waals surface area contributed by atoms with Crippen LogP contribution in [0.25, 0.3) is 0 Å². The molecular formula is C15H27N3O2. The average molecular weight is 281 g/mol. The van der Waals surface area contributed by atoms with E-state index < -0.39 is 0 Å². The van der Waals surface area contributed by atoms with Crippen LogP contribution in [0.3, 0.4) is 0 Å². The van der Waals surface area contributed by atoms with Crippen LogP contribution in [-0.2, 0) is 9.59 Å². The standard InChI is InChI=1S/C15H27N3O2/c1-3-17(4-2)15(20)13-6-5-11-18(13)14(19)12-7-9-16-10-8-12/h12-13,16H,3-11H2,1-2H3. The van der Waals surface area contributed by atoms with Crippen LogP contribution in [0.2, 0.25) is 0 Å². The summed E-state index contributed by atoms with van der Waals surface area (Å²) >= 11 is 0. The fourth-order valence-corrected chi connectivity index (χ4v) is 3.34. The summed E-state index contributed by atoms with van der Waals surface area (Å²) in [5.74, 6) is 0.450. The van der Waals surface area contributed by atoms with Gasteiger partial charge in [-0.2, -0.15) is 0 Å². The first-order valence-corrected chi connectivity index (χ1v) is 7.99. The molecule has 2 fully saturated rings. The molecule has 0 radical (unpaired) electrons. The van der Waals surface area contributed by atoms with Crippen molar-refractivity contribution in [3.8, 4) is 0 Å². The minimum Gasteiger partial charge on any atom is -0.341 e. The van der Waals surface area contributed by atoms with Crippen molar-refractivity contribution in [3.05, 3.63) is 0 Å². The third-order valence-corrected chi connectivity index (χ3v) is 4.58. The summed E-state index contributed by atoms with van der Waals surface area (Å²) in [7, 11) is 0. The van der Waals surface area contributed by atoms with Gasteiger partial charge in [-0.1, -0.05) is 0 Å². The molecule has 5 nitrogen and oxygen atoms in total. The lowest BCUT2D eigenvalue weighted by Gasteiger charge is -2.32. The van der Waals surface area contributed by atoms with Gasteiger partial charge in [0.15, 0.2) is 0 Å². The number of nitrogens with zero attached hydrogens (tertiary/aromatic N) is 2. The van der Waals surface area contributed by atoms with E-state index in [1.807, 2.05) is 23.6 Å². The molecule has 0 saturated carbocycles. The largest absolute Gasteiger partial charge is 0.341 e. The van der Waals surface area contributed by atoms with E-state index in [0.717, 1.165) is 58.4 Å². The van der Waals surface area contributed by atoms with Crippen molar-refractivity contribution in [1.29, 1.82) is 0 Å². The van der Waals surface area contributed by atoms with Crippen LogP contribution in [0, 0.1) is 5.92 Å². The van der Waals surface area contributed by atoms with Gasteiger partial charge in [0, 0.05) is 25.6 Å². The molecule has 0 spiro atoms. The van der Waals surface area contributed by atoms with Crippen molar-refractivity contribution in [3.63, 3.8) is 0 Å². The SMILES string of the molecule is CCN(CC)C(=O)C1CCCN1C(=O)C1CCNCC1. The molecule has 114 valence electrons. The van der Waals surface area contributed by atoms with Gasteiger partial charge in [0.2, 0.25) is 11.8 Å². The molecule has 2 aliphatic rings. The smallest absolute Gasteiger partial charge is 0.245 e. The van der Waals surface area contributed by atoms with Crippen LogP contribution in [0.15, 0.2) is 0 Å². The number of piperidine rings is 1. The number of rotatable bonds is 4. The second kappa shape index (κ2) is 7.07. The molecule has 2 heterocycles. The van der Waals surface area contributed by atoms with Crippen LogP contribution in [-0.4, -0.2) is 60.4 Å². The van der Waals surface area contributed by atoms with Crippen molar-refractivity contribution in [2.75, 3.05) is 32.7 Å². The minimum atomic E-state index is -0.211. The molecule has 1 unspecified atom stereocenters. The van der Waals surface area contributed by atoms with E-state index in [1.54, 1.807) is 0 Å². The number of carbonyl (C=O) groups excluding carboxylic acids is 2. The first kappa shape index (κ1) is 15.3. The number of likely N-dealkylation sites (tertiary alicyclic amines) is 1. The number of hydrogen-bond acceptors (Lipinski definition) is 3. The van der Waals surface area contributed by atoms with Gasteiger partial charge in [0.1, 0.15) is 6.04 Å². The Hall–Kier alpha value is -1.10. The zero-order valence-electron chi connectivity index (χ0n) is 12.7. The summed E-state index contributed by atoms with van der Waals surface area (Å²) in [5.41, 5.74) is 0. The number of carbonyl (C=O) groups is 2. The van der Waals surface area contributed by atoms with E-state index in [-0.39, 0.29) is 23.8 Å². The van der Waals surface area contributed by atoms with Crippen molar-refractivity contribution in [2.24, 2.45) is 5.92 Å². The molecule has 0 aromatic heterocycles. The first-order chi connectivity index (χ1) is 9.69. The van der Waals surface area contributed by atoms with E-state index in [4.69, 9.17) is 0 Å². The molecule has 2 aliphatic heterocycles. The summed E-state index contributed by atoms with van der Waals surface area (Å²) in [6.07, 6.45) is 3.59. The van der Waals surface area contributed by atoms with E-state index >= 15 is 0 Å². The maximum Gasteiger partial charge on any atom is 0.245 e. The Morgan fingerprint density at radius 2 is 1.80 bits per heavy atom. The topological polar surface area (TPSA) is 52.7 Å². The summed E-state index contributed by atoms with van der Waals surface area (Å²) < 4.78 is 0. The maximum atomic E-state index is 12.6. The van der Waals surface area contributed by atoms with Gasteiger partial charge in [-0.3, -0.25) is 9.59 Å². The van der Waals surface area contributed by atoms with E-state index in [1.165, 1.54) is 0 Å². The predicted molar refractivity (Wildman–Crippen MR) is 78.3 cm³/mol. The quantitative estimate of drug-likeness (QED) is 0.831. The lowest BCUT2D eigenvalue weighted by molar-refractivity contribution is -0.146. The van der Waals surface area contributed by atoms with Crippen LogP contribution in [0.5, 0.6) is 0 Å². The zero-order chi connectivity index (χ0) is 14.5. The molecule has 1 N–H and O–H groups in total. The monoisotopic (exact) mass is 281 g/mol. The number of likely N-dealkylation sites (N-methyl/N-ethyl adjacent to an activating group) is 1. The molecule has 0 aromatic rings. The molecule has 0 aliphatic carbocycles. The van der Waals surface area contributed by atoms with Crippen molar-refractivity contribution >= 4 is 11.8 Å². The normalized spacial score (nSPS) is 23.9. The number of hydrogen-bond donors (Lipinski definition) is 1. The molecule has 0 bridgehead atoms. The molecule has 2 rings (SSSR count). The Balaban J connectivity index is 2.02. The molecule has 5 heteroatoms. The average Bonchev–Trinajstić information content (AvgIpc) is 2.98. The first-order valence-electron chi connectivity index (χ1n) is 7.99. The van der Waals surface area contributed by atoms with Gasteiger partial charge >= 0.3 is 0 Å². The fraction of sp³-hybridized carbons (Fsp3) is 0.867. The van der Waals surface area contributed by atoms with E-state index in [9.17, 15) is 9.59 Å². The van der Waals surface area contributed by atoms with Gasteiger partial charge in [-0.25, -0.2) is 0 Å². The van der Waals surface area contributed by atoms with Crippen LogP contribution >= 0.6 is 0 Å². The molecule has 1 atom stereocenters. The third-order valence-electron chi connectivity index (χ3n) is 4.58. The van der Waals surface area contributed by atoms with Gasteiger partial charge in [-0.15, -0.1) is 0 Å². The van der Waals surface area contributed by atoms with Crippen molar-refractivity contribution in [1.82, 2.24) is 15.1 Å². The minimum absolute atomic E-state index is 0.112. The van der Waals surface area contributed by atoms with Crippen LogP contribution in [0.1, 0.15) is 39.5 Å². The summed E-state index contributed by atoms with van der Waals surface area (Å²) in [5, 5.41) is 3.28. The Morgan fingerprint density at radius 1 is 1.15 bits per heavy atom. The van der Waals surface area contributed by atoms with Crippen molar-refractivity contribution < 1.29 is 9.59 Å². The summed E-state index contributed by atoms with van der Waals surface area (Å²) in [4.78, 5) is 28.9. The predicted octanol–water partition coefficient (Wildman–Crippen LogP) is 0.845. The molecular weight excluding hydrogens is 254 g/mol. The Labute approximate surface area is 121 Å². The maximum absolute atomic E-state index is 12.6. The molecule has 2 amide bonds. The third kappa shape index (κ3) is 3.14. The molecule has 20 heavy (non-hydrogen) atoms. The lowest BCUT2D eigenvalue weighted by atomic mass is 9.96. The highest BCUT2D eigenvalue weighted by Gasteiger charge is 2.38. The van der Waals surface area contributed by atoms with E-state index in [0.29, 0.717) is 0 Å². The Kier molecular flexibility index (Phi) is 5.40. The lowest BCUT2D eigenvalue weighted by Crippen LogP contribution is -2.50. The second-order valence-corrected chi connectivity index (χ2v) is 5.72. The van der Waals surface area contributed by atoms with Gasteiger partial charge in [0.05, 0.1) is 0 Å². The highest BCUT2D eigenvalue weighted by Crippen LogP contribution is 2.24. The molecule has 0 aromatic carbocycles. The van der Waals surface area contributed by atoms with Crippen LogP contribution in [0.4, 0.5) is 0 Å². The fourth-order valence-electron chi connectivity index (χ4n) is 3.34. The van der Waals surface area contributed by atoms with Gasteiger partial charge < -0.3 is 15.1 Å². The molecule has 2 saturated heterocycles.